The molecule has 0 aromatic heterocycles. The van der Waals surface area contributed by atoms with Gasteiger partial charge in [-0.15, -0.1) is 0 Å². The zero-order valence-electron chi connectivity index (χ0n) is 22.9. The molecule has 0 aliphatic rings. The van der Waals surface area contributed by atoms with Crippen LogP contribution in [-0.2, 0) is 14.3 Å². The molecule has 1 aromatic carbocycles. The molecule has 0 bridgehead atoms. The van der Waals surface area contributed by atoms with Crippen LogP contribution in [0.2, 0.25) is 0 Å². The average molecular weight is 524 g/mol. The van der Waals surface area contributed by atoms with Crippen LogP contribution in [0.3, 0.4) is 0 Å². The molecule has 1 aromatic rings. The number of benzene rings is 1. The van der Waals surface area contributed by atoms with E-state index in [2.05, 4.69) is 30.2 Å². The Balaban J connectivity index is 3.37. The molecule has 204 valence electrons. The molecule has 3 N–H and O–H groups in total. The Labute approximate surface area is 222 Å². The number of hydrogen-bond acceptors (Lipinski definition) is 6. The highest BCUT2D eigenvalue weighted by Crippen LogP contribution is 2.26. The van der Waals surface area contributed by atoms with Gasteiger partial charge < -0.3 is 25.4 Å². The SMILES string of the molecule is CCCCCCCN(C(=O)C(CS)NC(=O)OC(C)(C)C)C(C(=O)NC(C)(C)C)c1ccc(O)cc1. The van der Waals surface area contributed by atoms with Gasteiger partial charge in [-0.1, -0.05) is 44.7 Å². The third-order valence-corrected chi connectivity index (χ3v) is 5.59. The fourth-order valence-electron chi connectivity index (χ4n) is 3.66. The van der Waals surface area contributed by atoms with E-state index in [4.69, 9.17) is 4.74 Å². The topological polar surface area (TPSA) is 108 Å². The molecular weight excluding hydrogens is 478 g/mol. The van der Waals surface area contributed by atoms with Gasteiger partial charge in [0.25, 0.3) is 0 Å². The number of phenolic OH excluding ortho intramolecular Hbond substituents is 1. The third kappa shape index (κ3) is 11.5. The van der Waals surface area contributed by atoms with Crippen molar-refractivity contribution in [3.05, 3.63) is 29.8 Å². The molecule has 0 aliphatic carbocycles. The molecule has 0 spiro atoms. The van der Waals surface area contributed by atoms with Gasteiger partial charge in [0, 0.05) is 17.8 Å². The molecular formula is C27H45N3O5S. The van der Waals surface area contributed by atoms with Gasteiger partial charge in [0.1, 0.15) is 23.4 Å². The number of phenols is 1. The normalized spacial score (nSPS) is 13.4. The molecule has 0 radical (unpaired) electrons. The third-order valence-electron chi connectivity index (χ3n) is 5.22. The molecule has 8 nitrogen and oxygen atoms in total. The summed E-state index contributed by atoms with van der Waals surface area (Å²) in [6.07, 6.45) is 4.11. The minimum absolute atomic E-state index is 0.0353. The molecule has 0 heterocycles. The van der Waals surface area contributed by atoms with E-state index < -0.39 is 35.2 Å². The highest BCUT2D eigenvalue weighted by molar-refractivity contribution is 7.80. The van der Waals surface area contributed by atoms with Crippen molar-refractivity contribution in [3.8, 4) is 5.75 Å². The Hall–Kier alpha value is -2.42. The van der Waals surface area contributed by atoms with Crippen molar-refractivity contribution in [2.45, 2.75) is 104 Å². The van der Waals surface area contributed by atoms with Crippen molar-refractivity contribution in [2.75, 3.05) is 12.3 Å². The lowest BCUT2D eigenvalue weighted by Gasteiger charge is -2.36. The van der Waals surface area contributed by atoms with Gasteiger partial charge in [0.2, 0.25) is 11.8 Å². The minimum atomic E-state index is -0.985. The number of alkyl carbamates (subject to hydrolysis) is 1. The number of rotatable bonds is 12. The fourth-order valence-corrected chi connectivity index (χ4v) is 3.90. The lowest BCUT2D eigenvalue weighted by Crippen LogP contribution is -2.55. The maximum atomic E-state index is 13.8. The smallest absolute Gasteiger partial charge is 0.408 e. The van der Waals surface area contributed by atoms with Crippen LogP contribution in [-0.4, -0.2) is 57.4 Å². The molecule has 2 unspecified atom stereocenters. The van der Waals surface area contributed by atoms with Gasteiger partial charge in [-0.25, -0.2) is 4.79 Å². The summed E-state index contributed by atoms with van der Waals surface area (Å²) in [5.74, 6) is -0.669. The summed E-state index contributed by atoms with van der Waals surface area (Å²) in [5.41, 5.74) is -0.694. The van der Waals surface area contributed by atoms with Crippen molar-refractivity contribution >= 4 is 30.5 Å². The zero-order chi connectivity index (χ0) is 27.5. The number of unbranched alkanes of at least 4 members (excludes halogenated alkanes) is 4. The molecule has 0 saturated heterocycles. The largest absolute Gasteiger partial charge is 0.508 e. The maximum absolute atomic E-state index is 13.8. The lowest BCUT2D eigenvalue weighted by molar-refractivity contribution is -0.142. The van der Waals surface area contributed by atoms with E-state index in [1.54, 1.807) is 32.9 Å². The first kappa shape index (κ1) is 31.6. The number of carbonyl (C=O) groups is 3. The van der Waals surface area contributed by atoms with Gasteiger partial charge in [-0.2, -0.15) is 12.6 Å². The van der Waals surface area contributed by atoms with Crippen LogP contribution in [0.4, 0.5) is 4.79 Å². The van der Waals surface area contributed by atoms with Gasteiger partial charge in [0.15, 0.2) is 0 Å². The second-order valence-electron chi connectivity index (χ2n) is 11.1. The Morgan fingerprint density at radius 2 is 1.58 bits per heavy atom. The Kier molecular flexibility index (Phi) is 12.6. The zero-order valence-corrected chi connectivity index (χ0v) is 23.8. The van der Waals surface area contributed by atoms with Crippen molar-refractivity contribution in [2.24, 2.45) is 0 Å². The molecule has 2 atom stereocenters. The fraction of sp³-hybridized carbons (Fsp3) is 0.667. The van der Waals surface area contributed by atoms with Crippen molar-refractivity contribution in [1.29, 1.82) is 0 Å². The van der Waals surface area contributed by atoms with Crippen LogP contribution in [0.25, 0.3) is 0 Å². The quantitative estimate of drug-likeness (QED) is 0.229. The lowest BCUT2D eigenvalue weighted by atomic mass is 10.00. The number of amides is 3. The standard InChI is InChI=1S/C27H45N3O5S/c1-8-9-10-11-12-17-30(24(33)21(18-36)28-25(34)35-27(5,6)7)22(23(32)29-26(2,3)4)19-13-15-20(31)16-14-19/h13-16,21-22,31,36H,8-12,17-18H2,1-7H3,(H,28,34)(H,29,32). The maximum Gasteiger partial charge on any atom is 0.408 e. The summed E-state index contributed by atoms with van der Waals surface area (Å²) in [5, 5.41) is 15.4. The van der Waals surface area contributed by atoms with Gasteiger partial charge in [0.05, 0.1) is 0 Å². The summed E-state index contributed by atoms with van der Waals surface area (Å²) in [7, 11) is 0. The average Bonchev–Trinajstić information content (AvgIpc) is 2.74. The number of nitrogens with zero attached hydrogens (tertiary/aromatic N) is 1. The van der Waals surface area contributed by atoms with E-state index in [1.165, 1.54) is 17.0 Å². The van der Waals surface area contributed by atoms with Gasteiger partial charge in [-0.05, 0) is 65.7 Å². The van der Waals surface area contributed by atoms with Crippen LogP contribution in [0, 0.1) is 0 Å². The van der Waals surface area contributed by atoms with E-state index in [9.17, 15) is 19.5 Å². The number of aromatic hydroxyl groups is 1. The minimum Gasteiger partial charge on any atom is -0.508 e. The van der Waals surface area contributed by atoms with Crippen molar-refractivity contribution in [3.63, 3.8) is 0 Å². The van der Waals surface area contributed by atoms with E-state index in [-0.39, 0.29) is 17.4 Å². The van der Waals surface area contributed by atoms with Crippen LogP contribution in [0.1, 0.15) is 92.2 Å². The molecule has 3 amide bonds. The molecule has 9 heteroatoms. The molecule has 36 heavy (non-hydrogen) atoms. The van der Waals surface area contributed by atoms with Crippen LogP contribution in [0.15, 0.2) is 24.3 Å². The first-order valence-corrected chi connectivity index (χ1v) is 13.3. The van der Waals surface area contributed by atoms with Gasteiger partial charge in [-0.3, -0.25) is 9.59 Å². The monoisotopic (exact) mass is 523 g/mol. The predicted molar refractivity (Wildman–Crippen MR) is 146 cm³/mol. The van der Waals surface area contributed by atoms with E-state index >= 15 is 0 Å². The van der Waals surface area contributed by atoms with Crippen molar-refractivity contribution in [1.82, 2.24) is 15.5 Å². The second-order valence-corrected chi connectivity index (χ2v) is 11.4. The highest BCUT2D eigenvalue weighted by Gasteiger charge is 2.36. The van der Waals surface area contributed by atoms with Gasteiger partial charge >= 0.3 is 6.09 Å². The highest BCUT2D eigenvalue weighted by atomic mass is 32.1. The van der Waals surface area contributed by atoms with E-state index in [0.717, 1.165) is 25.7 Å². The van der Waals surface area contributed by atoms with Crippen LogP contribution in [0.5, 0.6) is 5.75 Å². The molecule has 0 fully saturated rings. The summed E-state index contributed by atoms with van der Waals surface area (Å²) in [6, 6.07) is 4.32. The molecule has 0 saturated carbocycles. The summed E-state index contributed by atoms with van der Waals surface area (Å²) < 4.78 is 5.34. The summed E-state index contributed by atoms with van der Waals surface area (Å²) in [6.45, 7) is 13.3. The number of nitrogens with one attached hydrogen (secondary N) is 2. The predicted octanol–water partition coefficient (Wildman–Crippen LogP) is 4.97. The molecule has 0 aliphatic heterocycles. The number of ether oxygens (including phenoxy) is 1. The number of carbonyl (C=O) groups excluding carboxylic acids is 3. The second kappa shape index (κ2) is 14.4. The number of hydrogen-bond donors (Lipinski definition) is 4. The first-order valence-electron chi connectivity index (χ1n) is 12.7. The van der Waals surface area contributed by atoms with E-state index in [0.29, 0.717) is 18.5 Å². The number of thiol groups is 1. The van der Waals surface area contributed by atoms with Crippen LogP contribution >= 0.6 is 12.6 Å². The summed E-state index contributed by atoms with van der Waals surface area (Å²) in [4.78, 5) is 41.3. The Bertz CT molecular complexity index is 846. The first-order chi connectivity index (χ1) is 16.7. The molecule has 1 rings (SSSR count). The van der Waals surface area contributed by atoms with Crippen LogP contribution < -0.4 is 10.6 Å². The van der Waals surface area contributed by atoms with E-state index in [1.807, 2.05) is 20.8 Å². The Morgan fingerprint density at radius 1 is 1.00 bits per heavy atom. The Morgan fingerprint density at radius 3 is 2.08 bits per heavy atom. The van der Waals surface area contributed by atoms with Crippen molar-refractivity contribution < 1.29 is 24.2 Å². The summed E-state index contributed by atoms with van der Waals surface area (Å²) >= 11 is 4.31.